The first-order valence-electron chi connectivity index (χ1n) is 19.1. The Labute approximate surface area is 330 Å². The first kappa shape index (κ1) is 33.9. The minimum absolute atomic E-state index is 0.458. The van der Waals surface area contributed by atoms with Crippen LogP contribution in [-0.2, 0) is 6.54 Å². The molecule has 270 valence electrons. The van der Waals surface area contributed by atoms with Crippen LogP contribution < -0.4 is 0 Å². The van der Waals surface area contributed by atoms with Crippen LogP contribution >= 0.6 is 0 Å². The third kappa shape index (κ3) is 6.41. The first-order chi connectivity index (χ1) is 28.2. The Morgan fingerprint density at radius 1 is 0.456 bits per heavy atom. The van der Waals surface area contributed by atoms with Crippen molar-refractivity contribution in [3.63, 3.8) is 0 Å². The zero-order valence-electron chi connectivity index (χ0n) is 31.1. The number of furan rings is 1. The number of aromatic nitrogens is 1. The zero-order valence-corrected chi connectivity index (χ0v) is 31.1. The second-order valence-electron chi connectivity index (χ2n) is 14.1. The van der Waals surface area contributed by atoms with E-state index >= 15 is 0 Å². The summed E-state index contributed by atoms with van der Waals surface area (Å²) in [5.41, 5.74) is 12.7. The molecule has 0 saturated heterocycles. The van der Waals surface area contributed by atoms with Gasteiger partial charge in [-0.25, -0.2) is 9.98 Å². The summed E-state index contributed by atoms with van der Waals surface area (Å²) in [5.74, 6) is 1.15. The van der Waals surface area contributed by atoms with E-state index in [1.807, 2.05) is 72.8 Å². The molecule has 0 aliphatic carbocycles. The smallest absolute Gasteiger partial charge is 0.161 e. The summed E-state index contributed by atoms with van der Waals surface area (Å²) < 4.78 is 8.50. The molecule has 0 spiro atoms. The molecule has 8 aromatic carbocycles. The van der Waals surface area contributed by atoms with Crippen LogP contribution in [0.15, 0.2) is 214 Å². The van der Waals surface area contributed by atoms with Crippen molar-refractivity contribution in [1.29, 1.82) is 0 Å². The normalized spacial score (nSPS) is 12.2. The van der Waals surface area contributed by atoms with Crippen molar-refractivity contribution in [3.8, 4) is 27.9 Å². The molecule has 10 rings (SSSR count). The number of rotatable bonds is 7. The van der Waals surface area contributed by atoms with Crippen molar-refractivity contribution >= 4 is 62.1 Å². The lowest BCUT2D eigenvalue weighted by Gasteiger charge is -2.11. The van der Waals surface area contributed by atoms with Gasteiger partial charge in [0.15, 0.2) is 11.7 Å². The van der Waals surface area contributed by atoms with Crippen LogP contribution in [0.3, 0.4) is 0 Å². The molecule has 2 aromatic heterocycles. The lowest BCUT2D eigenvalue weighted by atomic mass is 10.0. The maximum atomic E-state index is 6.12. The minimum Gasteiger partial charge on any atom is -0.456 e. The fourth-order valence-electron chi connectivity index (χ4n) is 7.83. The molecule has 2 heterocycles. The highest BCUT2D eigenvalue weighted by Crippen LogP contribution is 2.38. The highest BCUT2D eigenvalue weighted by Gasteiger charge is 2.15. The first-order valence-corrected chi connectivity index (χ1v) is 19.1. The molecule has 57 heavy (non-hydrogen) atoms. The van der Waals surface area contributed by atoms with Gasteiger partial charge in [-0.15, -0.1) is 0 Å². The maximum Gasteiger partial charge on any atom is 0.161 e. The van der Waals surface area contributed by atoms with Gasteiger partial charge in [-0.2, -0.15) is 0 Å². The van der Waals surface area contributed by atoms with Gasteiger partial charge < -0.3 is 8.98 Å². The van der Waals surface area contributed by atoms with Crippen molar-refractivity contribution in [3.05, 3.63) is 211 Å². The number of hydrogen-bond donors (Lipinski definition) is 0. The van der Waals surface area contributed by atoms with E-state index < -0.39 is 0 Å². The number of benzene rings is 8. The fourth-order valence-corrected chi connectivity index (χ4v) is 7.83. The monoisotopic (exact) mass is 732 g/mol. The lowest BCUT2D eigenvalue weighted by molar-refractivity contribution is 0.669. The van der Waals surface area contributed by atoms with Crippen LogP contribution in [0.4, 0.5) is 0 Å². The van der Waals surface area contributed by atoms with E-state index in [0.717, 1.165) is 66.5 Å². The molecule has 0 bridgehead atoms. The molecule has 0 aliphatic rings. The Bertz CT molecular complexity index is 3170. The minimum atomic E-state index is 0.458. The molecule has 5 nitrogen and oxygen atoms in total. The molecule has 0 N–H and O–H groups in total. The third-order valence-corrected chi connectivity index (χ3v) is 10.6. The third-order valence-electron chi connectivity index (χ3n) is 10.6. The second-order valence-corrected chi connectivity index (χ2v) is 14.1. The molecular formula is C52H36N4O. The summed E-state index contributed by atoms with van der Waals surface area (Å²) in [6, 6.07) is 67.5. The highest BCUT2D eigenvalue weighted by atomic mass is 16.3. The van der Waals surface area contributed by atoms with E-state index in [9.17, 15) is 0 Å². The van der Waals surface area contributed by atoms with E-state index in [-0.39, 0.29) is 0 Å². The predicted molar refractivity (Wildman–Crippen MR) is 238 cm³/mol. The van der Waals surface area contributed by atoms with Crippen LogP contribution in [-0.4, -0.2) is 23.0 Å². The van der Waals surface area contributed by atoms with Gasteiger partial charge in [0.1, 0.15) is 11.2 Å². The van der Waals surface area contributed by atoms with E-state index in [1.54, 1.807) is 0 Å². The van der Waals surface area contributed by atoms with Gasteiger partial charge in [0, 0.05) is 38.4 Å². The van der Waals surface area contributed by atoms with Gasteiger partial charge in [0.25, 0.3) is 0 Å². The number of aliphatic imine (C=N–C) groups is 3. The van der Waals surface area contributed by atoms with Gasteiger partial charge in [0.2, 0.25) is 0 Å². The lowest BCUT2D eigenvalue weighted by Crippen LogP contribution is -2.05. The van der Waals surface area contributed by atoms with Crippen LogP contribution in [0, 0.1) is 0 Å². The van der Waals surface area contributed by atoms with E-state index in [2.05, 4.69) is 138 Å². The Hall–Kier alpha value is -7.63. The quantitative estimate of drug-likeness (QED) is 0.119. The molecule has 0 atom stereocenters. The predicted octanol–water partition coefficient (Wildman–Crippen LogP) is 13.1. The van der Waals surface area contributed by atoms with E-state index in [1.165, 1.54) is 21.9 Å². The summed E-state index contributed by atoms with van der Waals surface area (Å²) in [4.78, 5) is 14.2. The Morgan fingerprint density at radius 3 is 1.84 bits per heavy atom. The highest BCUT2D eigenvalue weighted by molar-refractivity contribution is 6.13. The van der Waals surface area contributed by atoms with Crippen LogP contribution in [0.2, 0.25) is 0 Å². The molecule has 0 fully saturated rings. The molecule has 0 unspecified atom stereocenters. The van der Waals surface area contributed by atoms with Gasteiger partial charge >= 0.3 is 0 Å². The maximum absolute atomic E-state index is 6.12. The SMILES string of the molecule is C=N/C(=N\C(=N/Cc1cccc(-c2cccc(-n3c4ccccc4c4cc(-c5ccc6oc7ccccc7c6c5)ccc43)c2)c1)c1ccccc1)c1ccccc1. The molecule has 0 saturated carbocycles. The number of amidine groups is 2. The Morgan fingerprint density at radius 2 is 1.05 bits per heavy atom. The molecule has 0 aliphatic heterocycles. The number of fused-ring (bicyclic) bond motifs is 6. The molecule has 0 radical (unpaired) electrons. The van der Waals surface area contributed by atoms with Crippen molar-refractivity contribution in [2.45, 2.75) is 6.54 Å². The Balaban J connectivity index is 1.00. The summed E-state index contributed by atoms with van der Waals surface area (Å²) in [7, 11) is 0. The molecule has 10 aromatic rings. The zero-order chi connectivity index (χ0) is 38.1. The van der Waals surface area contributed by atoms with Crippen LogP contribution in [0.1, 0.15) is 16.7 Å². The van der Waals surface area contributed by atoms with Gasteiger partial charge in [-0.05, 0) is 89.1 Å². The van der Waals surface area contributed by atoms with Crippen molar-refractivity contribution in [2.24, 2.45) is 15.0 Å². The van der Waals surface area contributed by atoms with Crippen molar-refractivity contribution in [2.75, 3.05) is 0 Å². The van der Waals surface area contributed by atoms with Gasteiger partial charge in [0.05, 0.1) is 17.6 Å². The van der Waals surface area contributed by atoms with Crippen LogP contribution in [0.25, 0.3) is 71.7 Å². The number of hydrogen-bond acceptors (Lipinski definition) is 2. The summed E-state index contributed by atoms with van der Waals surface area (Å²) >= 11 is 0. The summed E-state index contributed by atoms with van der Waals surface area (Å²) in [6.07, 6.45) is 0. The van der Waals surface area contributed by atoms with Gasteiger partial charge in [-0.1, -0.05) is 140 Å². The topological polar surface area (TPSA) is 55.1 Å². The van der Waals surface area contributed by atoms with Crippen LogP contribution in [0.5, 0.6) is 0 Å². The largest absolute Gasteiger partial charge is 0.456 e. The van der Waals surface area contributed by atoms with E-state index in [4.69, 9.17) is 14.4 Å². The standard InChI is InChI=1S/C52H36N4O/c1-53-51(36-15-4-2-5-16-36)55-52(37-17-6-3-7-18-37)54-34-35-14-12-19-38(30-35)39-20-13-21-42(31-39)56-47-24-10-8-22-43(47)45-32-40(26-28-48(45)56)41-27-29-50-46(33-41)44-23-9-11-25-49(44)57-50/h2-33H,1,34H2/b54-52-,55-51-. The van der Waals surface area contributed by atoms with Crippen molar-refractivity contribution in [1.82, 2.24) is 4.57 Å². The molecular weight excluding hydrogens is 697 g/mol. The molecule has 0 amide bonds. The average Bonchev–Trinajstić information content (AvgIpc) is 3.82. The van der Waals surface area contributed by atoms with Gasteiger partial charge in [-0.3, -0.25) is 4.99 Å². The second kappa shape index (κ2) is 14.5. The Kier molecular flexibility index (Phi) is 8.65. The average molecular weight is 733 g/mol. The fraction of sp³-hybridized carbons (Fsp3) is 0.0192. The molecule has 5 heteroatoms. The summed E-state index contributed by atoms with van der Waals surface area (Å²) in [5, 5.41) is 4.69. The van der Waals surface area contributed by atoms with Crippen molar-refractivity contribution < 1.29 is 4.42 Å². The van der Waals surface area contributed by atoms with E-state index in [0.29, 0.717) is 18.2 Å². The summed E-state index contributed by atoms with van der Waals surface area (Å²) in [6.45, 7) is 4.26. The number of nitrogens with zero attached hydrogens (tertiary/aromatic N) is 4. The number of para-hydroxylation sites is 2.